The fraction of sp³-hybridized carbons (Fsp3) is 0.438. The molecule has 0 aliphatic carbocycles. The van der Waals surface area contributed by atoms with Crippen LogP contribution >= 0.6 is 0 Å². The fourth-order valence-corrected chi connectivity index (χ4v) is 2.00. The Labute approximate surface area is 132 Å². The molecule has 0 saturated carbocycles. The maximum atomic E-state index is 4.43. The van der Waals surface area contributed by atoms with Gasteiger partial charge in [0.15, 0.2) is 5.82 Å². The number of nitrogens with zero attached hydrogens (tertiary/aromatic N) is 4. The lowest BCUT2D eigenvalue weighted by molar-refractivity contribution is 0.405. The highest BCUT2D eigenvalue weighted by atomic mass is 15.3. The van der Waals surface area contributed by atoms with Crippen molar-refractivity contribution in [2.24, 2.45) is 0 Å². The molecule has 0 unspecified atom stereocenters. The van der Waals surface area contributed by atoms with Gasteiger partial charge in [0.25, 0.3) is 0 Å². The van der Waals surface area contributed by atoms with Crippen molar-refractivity contribution in [3.05, 3.63) is 35.5 Å². The average molecular weight is 300 g/mol. The van der Waals surface area contributed by atoms with Gasteiger partial charge in [-0.05, 0) is 64.2 Å². The number of aryl methyl sites for hydroxylation is 2. The van der Waals surface area contributed by atoms with Crippen LogP contribution in [0.2, 0.25) is 0 Å². The number of anilines is 3. The summed E-state index contributed by atoms with van der Waals surface area (Å²) in [6.07, 6.45) is 2.69. The van der Waals surface area contributed by atoms with Gasteiger partial charge in [-0.15, -0.1) is 5.10 Å². The lowest BCUT2D eigenvalue weighted by Crippen LogP contribution is -2.17. The summed E-state index contributed by atoms with van der Waals surface area (Å²) in [5.41, 5.74) is 3.46. The summed E-state index contributed by atoms with van der Waals surface area (Å²) in [5, 5.41) is 14.5. The second-order valence-electron chi connectivity index (χ2n) is 5.67. The Balaban J connectivity index is 1.94. The molecule has 0 fully saturated rings. The molecule has 0 aliphatic heterocycles. The van der Waals surface area contributed by atoms with Gasteiger partial charge in [0.1, 0.15) is 0 Å². The van der Waals surface area contributed by atoms with Crippen molar-refractivity contribution >= 4 is 17.5 Å². The van der Waals surface area contributed by atoms with Gasteiger partial charge < -0.3 is 15.5 Å². The van der Waals surface area contributed by atoms with Crippen molar-refractivity contribution in [2.45, 2.75) is 20.3 Å². The molecule has 118 valence electrons. The molecular formula is C16H24N6. The fourth-order valence-electron chi connectivity index (χ4n) is 2.00. The van der Waals surface area contributed by atoms with Crippen LogP contribution in [0.1, 0.15) is 17.5 Å². The Morgan fingerprint density at radius 1 is 1.14 bits per heavy atom. The predicted molar refractivity (Wildman–Crippen MR) is 90.7 cm³/mol. The molecule has 2 N–H and O–H groups in total. The Hall–Kier alpha value is -2.21. The molecule has 0 atom stereocenters. The van der Waals surface area contributed by atoms with Crippen LogP contribution in [0, 0.1) is 13.8 Å². The highest BCUT2D eigenvalue weighted by Crippen LogP contribution is 2.17. The van der Waals surface area contributed by atoms with Gasteiger partial charge >= 0.3 is 0 Å². The molecule has 6 nitrogen and oxygen atoms in total. The number of aromatic nitrogens is 3. The highest BCUT2D eigenvalue weighted by Gasteiger charge is 2.02. The average Bonchev–Trinajstić information content (AvgIpc) is 2.48. The van der Waals surface area contributed by atoms with Crippen LogP contribution in [0.15, 0.2) is 24.4 Å². The molecule has 1 heterocycles. The molecule has 0 amide bonds. The minimum Gasteiger partial charge on any atom is -0.369 e. The second-order valence-corrected chi connectivity index (χ2v) is 5.67. The predicted octanol–water partition coefficient (Wildman–Crippen LogP) is 2.60. The van der Waals surface area contributed by atoms with E-state index < -0.39 is 0 Å². The second kappa shape index (κ2) is 7.70. The molecule has 2 aromatic rings. The number of hydrogen-bond acceptors (Lipinski definition) is 6. The zero-order chi connectivity index (χ0) is 15.9. The van der Waals surface area contributed by atoms with Gasteiger partial charge in [-0.1, -0.05) is 6.07 Å². The van der Waals surface area contributed by atoms with Crippen LogP contribution in [0.4, 0.5) is 17.5 Å². The third-order valence-corrected chi connectivity index (χ3v) is 3.41. The van der Waals surface area contributed by atoms with Crippen molar-refractivity contribution < 1.29 is 0 Å². The van der Waals surface area contributed by atoms with Gasteiger partial charge in [-0.2, -0.15) is 10.1 Å². The van der Waals surface area contributed by atoms with E-state index in [1.165, 1.54) is 11.1 Å². The van der Waals surface area contributed by atoms with E-state index >= 15 is 0 Å². The first-order chi connectivity index (χ1) is 10.5. The minimum absolute atomic E-state index is 0.501. The first kappa shape index (κ1) is 16.2. The van der Waals surface area contributed by atoms with Crippen molar-refractivity contribution in [2.75, 3.05) is 37.8 Å². The Morgan fingerprint density at radius 3 is 2.68 bits per heavy atom. The van der Waals surface area contributed by atoms with Gasteiger partial charge in [0.05, 0.1) is 6.20 Å². The van der Waals surface area contributed by atoms with Crippen LogP contribution in [0.3, 0.4) is 0 Å². The van der Waals surface area contributed by atoms with Gasteiger partial charge in [-0.25, -0.2) is 0 Å². The first-order valence-corrected chi connectivity index (χ1v) is 7.47. The lowest BCUT2D eigenvalue weighted by atomic mass is 10.1. The third-order valence-electron chi connectivity index (χ3n) is 3.41. The van der Waals surface area contributed by atoms with Crippen molar-refractivity contribution in [1.29, 1.82) is 0 Å². The molecular weight excluding hydrogens is 276 g/mol. The molecule has 22 heavy (non-hydrogen) atoms. The first-order valence-electron chi connectivity index (χ1n) is 7.47. The standard InChI is InChI=1S/C16H24N6/c1-12-6-7-14(10-13(12)2)19-16-20-15(11-18-21-16)17-8-5-9-22(3)4/h6-7,10-11H,5,8-9H2,1-4H3,(H2,17,19,20,21). The van der Waals surface area contributed by atoms with Gasteiger partial charge in [0, 0.05) is 12.2 Å². The summed E-state index contributed by atoms with van der Waals surface area (Å²) in [7, 11) is 4.13. The summed E-state index contributed by atoms with van der Waals surface area (Å²) in [5.74, 6) is 1.24. The number of hydrogen-bond donors (Lipinski definition) is 2. The Bertz CT molecular complexity index is 611. The molecule has 2 rings (SSSR count). The highest BCUT2D eigenvalue weighted by molar-refractivity contribution is 5.56. The summed E-state index contributed by atoms with van der Waals surface area (Å²) >= 11 is 0. The number of nitrogens with one attached hydrogen (secondary N) is 2. The number of rotatable bonds is 7. The smallest absolute Gasteiger partial charge is 0.249 e. The van der Waals surface area contributed by atoms with E-state index in [-0.39, 0.29) is 0 Å². The van der Waals surface area contributed by atoms with Crippen LogP contribution in [-0.4, -0.2) is 47.3 Å². The van der Waals surface area contributed by atoms with Gasteiger partial charge in [-0.3, -0.25) is 0 Å². The van der Waals surface area contributed by atoms with E-state index in [4.69, 9.17) is 0 Å². The third kappa shape index (κ3) is 4.96. The molecule has 1 aromatic heterocycles. The molecule has 6 heteroatoms. The molecule has 0 aliphatic rings. The zero-order valence-electron chi connectivity index (χ0n) is 13.7. The minimum atomic E-state index is 0.501. The summed E-state index contributed by atoms with van der Waals surface area (Å²) in [6, 6.07) is 6.17. The molecule has 0 radical (unpaired) electrons. The Kier molecular flexibility index (Phi) is 5.66. The van der Waals surface area contributed by atoms with Crippen molar-refractivity contribution in [3.8, 4) is 0 Å². The SMILES string of the molecule is Cc1ccc(Nc2nncc(NCCCN(C)C)n2)cc1C. The summed E-state index contributed by atoms with van der Waals surface area (Å²) in [4.78, 5) is 6.59. The molecule has 1 aromatic carbocycles. The van der Waals surface area contributed by atoms with Crippen LogP contribution in [-0.2, 0) is 0 Å². The summed E-state index contributed by atoms with van der Waals surface area (Å²) < 4.78 is 0. The van der Waals surface area contributed by atoms with E-state index in [2.05, 4.69) is 70.8 Å². The van der Waals surface area contributed by atoms with Crippen molar-refractivity contribution in [1.82, 2.24) is 20.1 Å². The van der Waals surface area contributed by atoms with E-state index in [0.717, 1.165) is 31.0 Å². The van der Waals surface area contributed by atoms with Crippen LogP contribution in [0.25, 0.3) is 0 Å². The van der Waals surface area contributed by atoms with E-state index in [1.54, 1.807) is 6.20 Å². The number of benzene rings is 1. The zero-order valence-corrected chi connectivity index (χ0v) is 13.7. The molecule has 0 bridgehead atoms. The monoisotopic (exact) mass is 300 g/mol. The van der Waals surface area contributed by atoms with Crippen LogP contribution < -0.4 is 10.6 Å². The topological polar surface area (TPSA) is 66.0 Å². The lowest BCUT2D eigenvalue weighted by Gasteiger charge is -2.11. The van der Waals surface area contributed by atoms with E-state index in [0.29, 0.717) is 5.95 Å². The summed E-state index contributed by atoms with van der Waals surface area (Å²) in [6.45, 7) is 6.08. The quantitative estimate of drug-likeness (QED) is 0.766. The van der Waals surface area contributed by atoms with E-state index in [1.807, 2.05) is 6.07 Å². The normalized spacial score (nSPS) is 10.8. The van der Waals surface area contributed by atoms with E-state index in [9.17, 15) is 0 Å². The maximum absolute atomic E-state index is 4.43. The van der Waals surface area contributed by atoms with Crippen molar-refractivity contribution in [3.63, 3.8) is 0 Å². The molecule has 0 saturated heterocycles. The van der Waals surface area contributed by atoms with Crippen LogP contribution in [0.5, 0.6) is 0 Å². The molecule has 0 spiro atoms. The van der Waals surface area contributed by atoms with Gasteiger partial charge in [0.2, 0.25) is 5.95 Å². The maximum Gasteiger partial charge on any atom is 0.249 e. The largest absolute Gasteiger partial charge is 0.369 e. The Morgan fingerprint density at radius 2 is 1.95 bits per heavy atom.